The summed E-state index contributed by atoms with van der Waals surface area (Å²) < 4.78 is 17.5. The highest BCUT2D eigenvalue weighted by atomic mass is 16.7. The molecule has 1 saturated carbocycles. The average Bonchev–Trinajstić information content (AvgIpc) is 3.14. The van der Waals surface area contributed by atoms with Crippen LogP contribution in [-0.4, -0.2) is 24.5 Å². The molecule has 0 aromatic heterocycles. The molecule has 1 aromatic carbocycles. The molecule has 2 rings (SSSR count). The molecule has 0 heterocycles. The first-order valence-corrected chi connectivity index (χ1v) is 11.9. The topological polar surface area (TPSA) is 44.8 Å². The van der Waals surface area contributed by atoms with Gasteiger partial charge in [-0.2, -0.15) is 0 Å². The number of hydrogen-bond acceptors (Lipinski definition) is 4. The second kappa shape index (κ2) is 13.0. The molecule has 0 N–H and O–H groups in total. The lowest BCUT2D eigenvalue weighted by molar-refractivity contribution is -0.151. The van der Waals surface area contributed by atoms with Gasteiger partial charge in [-0.05, 0) is 68.8 Å². The van der Waals surface area contributed by atoms with Crippen LogP contribution in [0.25, 0.3) is 0 Å². The Balaban J connectivity index is 1.69. The van der Waals surface area contributed by atoms with Crippen LogP contribution in [0, 0.1) is 17.8 Å². The van der Waals surface area contributed by atoms with Crippen LogP contribution in [0.4, 0.5) is 0 Å². The summed E-state index contributed by atoms with van der Waals surface area (Å²) in [7, 11) is 0. The van der Waals surface area contributed by atoms with E-state index < -0.39 is 0 Å². The zero-order valence-corrected chi connectivity index (χ0v) is 20.1. The highest BCUT2D eigenvalue weighted by molar-refractivity contribution is 5.82. The van der Waals surface area contributed by atoms with E-state index in [2.05, 4.69) is 39.8 Å². The second-order valence-corrected chi connectivity index (χ2v) is 9.86. The van der Waals surface area contributed by atoms with Crippen molar-refractivity contribution in [2.24, 2.45) is 17.8 Å². The molecule has 3 atom stereocenters. The first kappa shape index (κ1) is 25.6. The summed E-state index contributed by atoms with van der Waals surface area (Å²) >= 11 is 0. The Morgan fingerprint density at radius 2 is 1.77 bits per heavy atom. The maximum atomic E-state index is 12.1. The van der Waals surface area contributed by atoms with E-state index in [1.165, 1.54) is 0 Å². The molecule has 4 heteroatoms. The van der Waals surface area contributed by atoms with Crippen molar-refractivity contribution in [3.8, 4) is 0 Å². The molecular weight excluding hydrogens is 388 g/mol. The van der Waals surface area contributed by atoms with Crippen LogP contribution in [0.3, 0.4) is 0 Å². The van der Waals surface area contributed by atoms with Crippen molar-refractivity contribution in [3.63, 3.8) is 0 Å². The Kier molecular flexibility index (Phi) is 10.8. The smallest absolute Gasteiger partial charge is 0.330 e. The lowest BCUT2D eigenvalue weighted by Crippen LogP contribution is -2.29. The minimum Gasteiger partial charge on any atom is -0.456 e. The minimum atomic E-state index is -0.258. The Morgan fingerprint density at radius 1 is 1.10 bits per heavy atom. The van der Waals surface area contributed by atoms with Gasteiger partial charge >= 0.3 is 5.97 Å². The summed E-state index contributed by atoms with van der Waals surface area (Å²) in [5.41, 5.74) is 0.896. The largest absolute Gasteiger partial charge is 0.456 e. The number of allylic oxidation sites excluding steroid dienone is 1. The van der Waals surface area contributed by atoms with Crippen molar-refractivity contribution in [2.45, 2.75) is 91.5 Å². The van der Waals surface area contributed by atoms with Crippen LogP contribution >= 0.6 is 0 Å². The van der Waals surface area contributed by atoms with Crippen LogP contribution in [-0.2, 0) is 25.6 Å². The number of rotatable bonds is 13. The van der Waals surface area contributed by atoms with E-state index in [0.29, 0.717) is 31.2 Å². The fourth-order valence-electron chi connectivity index (χ4n) is 4.64. The molecule has 4 nitrogen and oxygen atoms in total. The molecule has 0 bridgehead atoms. The Labute approximate surface area is 189 Å². The van der Waals surface area contributed by atoms with E-state index in [1.54, 1.807) is 6.08 Å². The number of carbonyl (C=O) groups excluding carboxylic acids is 1. The second-order valence-electron chi connectivity index (χ2n) is 9.86. The SMILES string of the molecule is CC(C)[C@@H](OCOCc1ccccc1)[C@@H](C)C[C@@H](C)C/C=C/C(=O)OC1(C)CCCC1. The van der Waals surface area contributed by atoms with Crippen molar-refractivity contribution >= 4 is 5.97 Å². The Hall–Kier alpha value is -1.65. The van der Waals surface area contributed by atoms with Crippen LogP contribution < -0.4 is 0 Å². The third-order valence-electron chi connectivity index (χ3n) is 6.25. The number of esters is 1. The number of benzene rings is 1. The van der Waals surface area contributed by atoms with Gasteiger partial charge in [0.2, 0.25) is 0 Å². The van der Waals surface area contributed by atoms with Gasteiger partial charge in [0.05, 0.1) is 12.7 Å². The highest BCUT2D eigenvalue weighted by Crippen LogP contribution is 2.32. The van der Waals surface area contributed by atoms with E-state index >= 15 is 0 Å². The highest BCUT2D eigenvalue weighted by Gasteiger charge is 2.31. The summed E-state index contributed by atoms with van der Waals surface area (Å²) in [6, 6.07) is 10.2. The first-order chi connectivity index (χ1) is 14.8. The number of carbonyl (C=O) groups is 1. The third-order valence-corrected chi connectivity index (χ3v) is 6.25. The maximum absolute atomic E-state index is 12.1. The zero-order valence-electron chi connectivity index (χ0n) is 20.1. The number of hydrogen-bond donors (Lipinski definition) is 0. The standard InChI is InChI=1S/C27H42O4/c1-21(2)26(30-20-29-19-24-13-7-6-8-14-24)23(4)18-22(3)12-11-15-25(28)31-27(5)16-9-10-17-27/h6-8,11,13-15,21-23,26H,9-10,12,16-20H2,1-5H3/b15-11+/t22-,23-,26+/m0/s1. The molecule has 0 saturated heterocycles. The molecule has 1 aliphatic carbocycles. The van der Waals surface area contributed by atoms with Gasteiger partial charge in [-0.25, -0.2) is 4.79 Å². The molecule has 0 radical (unpaired) electrons. The van der Waals surface area contributed by atoms with Gasteiger partial charge in [0.25, 0.3) is 0 Å². The molecule has 0 aliphatic heterocycles. The first-order valence-electron chi connectivity index (χ1n) is 11.9. The van der Waals surface area contributed by atoms with Gasteiger partial charge in [0.15, 0.2) is 0 Å². The normalized spacial score (nSPS) is 18.9. The third kappa shape index (κ3) is 9.57. The van der Waals surface area contributed by atoms with E-state index in [4.69, 9.17) is 14.2 Å². The fourth-order valence-corrected chi connectivity index (χ4v) is 4.64. The van der Waals surface area contributed by atoms with Crippen LogP contribution in [0.5, 0.6) is 0 Å². The van der Waals surface area contributed by atoms with Crippen LogP contribution in [0.15, 0.2) is 42.5 Å². The molecular formula is C27H42O4. The summed E-state index contributed by atoms with van der Waals surface area (Å²) in [6.45, 7) is 11.8. The van der Waals surface area contributed by atoms with Gasteiger partial charge in [0.1, 0.15) is 12.4 Å². The Morgan fingerprint density at radius 3 is 2.42 bits per heavy atom. The number of ether oxygens (including phenoxy) is 3. The predicted molar refractivity (Wildman–Crippen MR) is 125 cm³/mol. The molecule has 1 fully saturated rings. The van der Waals surface area contributed by atoms with Gasteiger partial charge < -0.3 is 14.2 Å². The average molecular weight is 431 g/mol. The molecule has 1 aliphatic rings. The lowest BCUT2D eigenvalue weighted by Gasteiger charge is -2.29. The molecule has 31 heavy (non-hydrogen) atoms. The van der Waals surface area contributed by atoms with E-state index in [9.17, 15) is 4.79 Å². The van der Waals surface area contributed by atoms with Crippen LogP contribution in [0.1, 0.15) is 78.7 Å². The van der Waals surface area contributed by atoms with Crippen molar-refractivity contribution < 1.29 is 19.0 Å². The molecule has 0 unspecified atom stereocenters. The minimum absolute atomic E-state index is 0.148. The van der Waals surface area contributed by atoms with Gasteiger partial charge in [0, 0.05) is 6.08 Å². The summed E-state index contributed by atoms with van der Waals surface area (Å²) in [6.07, 6.45) is 9.89. The monoisotopic (exact) mass is 430 g/mol. The summed E-state index contributed by atoms with van der Waals surface area (Å²) in [5.74, 6) is 1.09. The molecule has 0 spiro atoms. The van der Waals surface area contributed by atoms with Crippen LogP contribution in [0.2, 0.25) is 0 Å². The molecule has 174 valence electrons. The van der Waals surface area contributed by atoms with Crippen molar-refractivity contribution in [2.75, 3.05) is 6.79 Å². The quantitative estimate of drug-likeness (QED) is 0.151. The van der Waals surface area contributed by atoms with Gasteiger partial charge in [-0.3, -0.25) is 0 Å². The molecule has 0 amide bonds. The fraction of sp³-hybridized carbons (Fsp3) is 0.667. The Bertz CT molecular complexity index is 661. The zero-order chi connectivity index (χ0) is 22.7. The van der Waals surface area contributed by atoms with E-state index in [1.807, 2.05) is 31.2 Å². The predicted octanol–water partition coefficient (Wildman–Crippen LogP) is 6.69. The lowest BCUT2D eigenvalue weighted by atomic mass is 9.86. The van der Waals surface area contributed by atoms with E-state index in [-0.39, 0.29) is 17.7 Å². The van der Waals surface area contributed by atoms with Crippen molar-refractivity contribution in [3.05, 3.63) is 48.0 Å². The van der Waals surface area contributed by atoms with Gasteiger partial charge in [-0.15, -0.1) is 0 Å². The summed E-state index contributed by atoms with van der Waals surface area (Å²) in [5, 5.41) is 0. The van der Waals surface area contributed by atoms with Crippen molar-refractivity contribution in [1.82, 2.24) is 0 Å². The maximum Gasteiger partial charge on any atom is 0.330 e. The van der Waals surface area contributed by atoms with E-state index in [0.717, 1.165) is 44.1 Å². The van der Waals surface area contributed by atoms with Gasteiger partial charge in [-0.1, -0.05) is 64.1 Å². The van der Waals surface area contributed by atoms with Crippen molar-refractivity contribution in [1.29, 1.82) is 0 Å². The molecule has 1 aromatic rings. The summed E-state index contributed by atoms with van der Waals surface area (Å²) in [4.78, 5) is 12.1.